The van der Waals surface area contributed by atoms with E-state index in [0.717, 1.165) is 31.5 Å². The summed E-state index contributed by atoms with van der Waals surface area (Å²) in [4.78, 5) is 13.7. The molecule has 1 amide bonds. The third-order valence-electron chi connectivity index (χ3n) is 2.70. The van der Waals surface area contributed by atoms with Gasteiger partial charge in [-0.3, -0.25) is 4.79 Å². The molecule has 1 aliphatic rings. The molecule has 1 saturated heterocycles. The van der Waals surface area contributed by atoms with Gasteiger partial charge in [0.25, 0.3) is 0 Å². The van der Waals surface area contributed by atoms with Gasteiger partial charge in [0.05, 0.1) is 6.42 Å². The number of hydrogen-bond donors (Lipinski definition) is 0. The quantitative estimate of drug-likeness (QED) is 0.755. The molecule has 1 fully saturated rings. The van der Waals surface area contributed by atoms with Crippen molar-refractivity contribution in [1.29, 1.82) is 0 Å². The molecule has 0 aliphatic carbocycles. The van der Waals surface area contributed by atoms with E-state index in [1.54, 1.807) is 0 Å². The van der Waals surface area contributed by atoms with Gasteiger partial charge < -0.3 is 4.90 Å². The normalized spacial score (nSPS) is 15.7. The third kappa shape index (κ3) is 2.72. The highest BCUT2D eigenvalue weighted by Crippen LogP contribution is 2.14. The summed E-state index contributed by atoms with van der Waals surface area (Å²) in [6.45, 7) is 1.83. The molecule has 0 N–H and O–H groups in total. The average molecular weight is 224 g/mol. The second kappa shape index (κ2) is 4.67. The Morgan fingerprint density at radius 2 is 2.07 bits per heavy atom. The molecule has 2 nitrogen and oxygen atoms in total. The van der Waals surface area contributed by atoms with Crippen LogP contribution >= 0.6 is 11.6 Å². The van der Waals surface area contributed by atoms with Crippen molar-refractivity contribution in [3.05, 3.63) is 34.9 Å². The van der Waals surface area contributed by atoms with E-state index >= 15 is 0 Å². The Bertz CT molecular complexity index is 358. The Labute approximate surface area is 94.8 Å². The van der Waals surface area contributed by atoms with Crippen molar-refractivity contribution in [1.82, 2.24) is 4.90 Å². The summed E-state index contributed by atoms with van der Waals surface area (Å²) < 4.78 is 0. The van der Waals surface area contributed by atoms with Gasteiger partial charge in [0, 0.05) is 18.1 Å². The van der Waals surface area contributed by atoms with Crippen LogP contribution in [-0.2, 0) is 11.2 Å². The summed E-state index contributed by atoms with van der Waals surface area (Å²) in [5, 5.41) is 0.696. The number of halogens is 1. The molecule has 1 aromatic carbocycles. The van der Waals surface area contributed by atoms with Crippen LogP contribution in [0.15, 0.2) is 24.3 Å². The fourth-order valence-corrected chi connectivity index (χ4v) is 2.11. The van der Waals surface area contributed by atoms with Gasteiger partial charge in [0.15, 0.2) is 0 Å². The smallest absolute Gasteiger partial charge is 0.226 e. The van der Waals surface area contributed by atoms with Crippen LogP contribution in [0, 0.1) is 0 Å². The molecule has 15 heavy (non-hydrogen) atoms. The minimum absolute atomic E-state index is 0.217. The zero-order chi connectivity index (χ0) is 10.7. The van der Waals surface area contributed by atoms with Gasteiger partial charge in [-0.25, -0.2) is 0 Å². The lowest BCUT2D eigenvalue weighted by Crippen LogP contribution is -2.29. The highest BCUT2D eigenvalue weighted by Gasteiger charge is 2.17. The lowest BCUT2D eigenvalue weighted by molar-refractivity contribution is -0.129. The molecule has 3 heteroatoms. The van der Waals surface area contributed by atoms with Crippen LogP contribution in [0.25, 0.3) is 0 Å². The first-order valence-corrected chi connectivity index (χ1v) is 5.66. The van der Waals surface area contributed by atoms with E-state index in [4.69, 9.17) is 11.6 Å². The molecule has 80 valence electrons. The summed E-state index contributed by atoms with van der Waals surface area (Å²) in [5.74, 6) is 0.217. The largest absolute Gasteiger partial charge is 0.342 e. The second-order valence-corrected chi connectivity index (χ2v) is 4.33. The standard InChI is InChI=1S/C12H14ClNO/c13-11-5-3-4-10(8-11)9-12(15)14-6-1-2-7-14/h3-5,8H,1-2,6-7,9H2. The van der Waals surface area contributed by atoms with Crippen molar-refractivity contribution in [2.24, 2.45) is 0 Å². The van der Waals surface area contributed by atoms with Crippen molar-refractivity contribution < 1.29 is 4.79 Å². The van der Waals surface area contributed by atoms with Crippen LogP contribution in [-0.4, -0.2) is 23.9 Å². The Hall–Kier alpha value is -1.02. The summed E-state index contributed by atoms with van der Waals surface area (Å²) in [6, 6.07) is 7.51. The highest BCUT2D eigenvalue weighted by atomic mass is 35.5. The molecule has 0 atom stereocenters. The first-order valence-electron chi connectivity index (χ1n) is 5.28. The molecule has 0 spiro atoms. The first kappa shape index (κ1) is 10.5. The molecule has 1 aromatic rings. The highest BCUT2D eigenvalue weighted by molar-refractivity contribution is 6.30. The maximum absolute atomic E-state index is 11.8. The van der Waals surface area contributed by atoms with Crippen LogP contribution in [0.4, 0.5) is 0 Å². The second-order valence-electron chi connectivity index (χ2n) is 3.89. The maximum Gasteiger partial charge on any atom is 0.226 e. The lowest BCUT2D eigenvalue weighted by Gasteiger charge is -2.14. The van der Waals surface area contributed by atoms with Crippen molar-refractivity contribution in [2.45, 2.75) is 19.3 Å². The van der Waals surface area contributed by atoms with Crippen molar-refractivity contribution in [3.8, 4) is 0 Å². The zero-order valence-electron chi connectivity index (χ0n) is 8.58. The van der Waals surface area contributed by atoms with E-state index in [9.17, 15) is 4.79 Å². The van der Waals surface area contributed by atoms with Crippen molar-refractivity contribution >= 4 is 17.5 Å². The predicted molar refractivity (Wildman–Crippen MR) is 61.0 cm³/mol. The molecule has 0 aromatic heterocycles. The summed E-state index contributed by atoms with van der Waals surface area (Å²) in [7, 11) is 0. The molecular formula is C12H14ClNO. The third-order valence-corrected chi connectivity index (χ3v) is 2.94. The van der Waals surface area contributed by atoms with E-state index in [0.29, 0.717) is 11.4 Å². The number of likely N-dealkylation sites (tertiary alicyclic amines) is 1. The number of rotatable bonds is 2. The van der Waals surface area contributed by atoms with Crippen LogP contribution in [0.3, 0.4) is 0 Å². The van der Waals surface area contributed by atoms with Gasteiger partial charge in [0.1, 0.15) is 0 Å². The lowest BCUT2D eigenvalue weighted by atomic mass is 10.1. The van der Waals surface area contributed by atoms with Gasteiger partial charge in [-0.1, -0.05) is 23.7 Å². The average Bonchev–Trinajstić information content (AvgIpc) is 2.70. The van der Waals surface area contributed by atoms with Gasteiger partial charge >= 0.3 is 0 Å². The topological polar surface area (TPSA) is 20.3 Å². The molecule has 0 bridgehead atoms. The van der Waals surface area contributed by atoms with Crippen LogP contribution in [0.5, 0.6) is 0 Å². The summed E-state index contributed by atoms with van der Waals surface area (Å²) in [5.41, 5.74) is 0.999. The van der Waals surface area contributed by atoms with Gasteiger partial charge in [-0.05, 0) is 30.5 Å². The maximum atomic E-state index is 11.8. The van der Waals surface area contributed by atoms with Crippen LogP contribution in [0.2, 0.25) is 5.02 Å². The molecule has 1 heterocycles. The number of carbonyl (C=O) groups is 1. The van der Waals surface area contributed by atoms with Crippen LogP contribution < -0.4 is 0 Å². The minimum atomic E-state index is 0.217. The monoisotopic (exact) mass is 223 g/mol. The molecule has 2 rings (SSSR count). The molecule has 1 aliphatic heterocycles. The molecule has 0 radical (unpaired) electrons. The van der Waals surface area contributed by atoms with Crippen molar-refractivity contribution in [2.75, 3.05) is 13.1 Å². The van der Waals surface area contributed by atoms with E-state index < -0.39 is 0 Å². The Morgan fingerprint density at radius 3 is 2.73 bits per heavy atom. The molecule has 0 saturated carbocycles. The Kier molecular flexibility index (Phi) is 3.27. The van der Waals surface area contributed by atoms with E-state index in [1.165, 1.54) is 0 Å². The van der Waals surface area contributed by atoms with E-state index in [-0.39, 0.29) is 5.91 Å². The molecular weight excluding hydrogens is 210 g/mol. The number of carbonyl (C=O) groups excluding carboxylic acids is 1. The van der Waals surface area contributed by atoms with Gasteiger partial charge in [-0.2, -0.15) is 0 Å². The number of amides is 1. The Balaban J connectivity index is 1.99. The fourth-order valence-electron chi connectivity index (χ4n) is 1.90. The predicted octanol–water partition coefficient (Wildman–Crippen LogP) is 2.50. The fraction of sp³-hybridized carbons (Fsp3) is 0.417. The van der Waals surface area contributed by atoms with Crippen LogP contribution in [0.1, 0.15) is 18.4 Å². The summed E-state index contributed by atoms with van der Waals surface area (Å²) >= 11 is 5.86. The van der Waals surface area contributed by atoms with Gasteiger partial charge in [-0.15, -0.1) is 0 Å². The first-order chi connectivity index (χ1) is 7.25. The Morgan fingerprint density at radius 1 is 1.33 bits per heavy atom. The summed E-state index contributed by atoms with van der Waals surface area (Å²) in [6.07, 6.45) is 2.75. The number of benzene rings is 1. The van der Waals surface area contributed by atoms with Crippen molar-refractivity contribution in [3.63, 3.8) is 0 Å². The molecule has 0 unspecified atom stereocenters. The SMILES string of the molecule is O=C(Cc1cccc(Cl)c1)N1CCCC1. The van der Waals surface area contributed by atoms with E-state index in [2.05, 4.69) is 0 Å². The number of hydrogen-bond acceptors (Lipinski definition) is 1. The van der Waals surface area contributed by atoms with Gasteiger partial charge in [0.2, 0.25) is 5.91 Å². The minimum Gasteiger partial charge on any atom is -0.342 e. The zero-order valence-corrected chi connectivity index (χ0v) is 9.33. The number of nitrogens with zero attached hydrogens (tertiary/aromatic N) is 1. The van der Waals surface area contributed by atoms with E-state index in [1.807, 2.05) is 29.2 Å².